The average molecular weight is 282 g/mol. The van der Waals surface area contributed by atoms with Gasteiger partial charge in [-0.2, -0.15) is 0 Å². The third-order valence-corrected chi connectivity index (χ3v) is 5.18. The maximum Gasteiger partial charge on any atom is 0.246 e. The highest BCUT2D eigenvalue weighted by molar-refractivity contribution is 7.89. The van der Waals surface area contributed by atoms with Gasteiger partial charge in [-0.05, 0) is 31.9 Å². The van der Waals surface area contributed by atoms with Gasteiger partial charge >= 0.3 is 0 Å². The Morgan fingerprint density at radius 1 is 1.32 bits per heavy atom. The minimum Gasteiger partial charge on any atom is -0.490 e. The SMILES string of the molecule is C[C@@H]1COc2cccc(N3CCCC3)c2S(=O)(=O)N1. The molecule has 2 heterocycles. The number of fused-ring (bicyclic) bond motifs is 1. The molecule has 1 atom stereocenters. The molecule has 1 saturated heterocycles. The Morgan fingerprint density at radius 2 is 2.05 bits per heavy atom. The van der Waals surface area contributed by atoms with E-state index >= 15 is 0 Å². The van der Waals surface area contributed by atoms with Gasteiger partial charge in [-0.15, -0.1) is 0 Å². The van der Waals surface area contributed by atoms with Gasteiger partial charge in [0.15, 0.2) is 0 Å². The second-order valence-corrected chi connectivity index (χ2v) is 6.78. The Kier molecular flexibility index (Phi) is 3.14. The number of nitrogens with zero attached hydrogens (tertiary/aromatic N) is 1. The molecular weight excluding hydrogens is 264 g/mol. The van der Waals surface area contributed by atoms with Crippen molar-refractivity contribution < 1.29 is 13.2 Å². The zero-order chi connectivity index (χ0) is 13.5. The van der Waals surface area contributed by atoms with Crippen LogP contribution in [0.4, 0.5) is 5.69 Å². The zero-order valence-corrected chi connectivity index (χ0v) is 11.7. The number of rotatable bonds is 1. The smallest absolute Gasteiger partial charge is 0.246 e. The van der Waals surface area contributed by atoms with E-state index in [0.717, 1.165) is 31.6 Å². The van der Waals surface area contributed by atoms with Crippen LogP contribution in [0.2, 0.25) is 0 Å². The molecule has 6 heteroatoms. The van der Waals surface area contributed by atoms with Crippen LogP contribution in [0.25, 0.3) is 0 Å². The molecule has 0 spiro atoms. The van der Waals surface area contributed by atoms with Gasteiger partial charge in [-0.1, -0.05) is 6.07 Å². The standard InChI is InChI=1S/C13H18N2O3S/c1-10-9-18-12-6-4-5-11(15-7-2-3-8-15)13(12)19(16,17)14-10/h4-6,10,14H,2-3,7-9H2,1H3/t10-/m1/s1. The topological polar surface area (TPSA) is 58.6 Å². The quantitative estimate of drug-likeness (QED) is 0.844. The molecule has 0 bridgehead atoms. The minimum atomic E-state index is -3.51. The van der Waals surface area contributed by atoms with Crippen molar-refractivity contribution in [1.29, 1.82) is 0 Å². The van der Waals surface area contributed by atoms with Gasteiger partial charge in [0.2, 0.25) is 10.0 Å². The molecule has 1 N–H and O–H groups in total. The highest BCUT2D eigenvalue weighted by Gasteiger charge is 2.31. The first-order chi connectivity index (χ1) is 9.08. The van der Waals surface area contributed by atoms with Gasteiger partial charge in [0, 0.05) is 13.1 Å². The molecule has 1 fully saturated rings. The lowest BCUT2D eigenvalue weighted by Gasteiger charge is -2.21. The second kappa shape index (κ2) is 4.68. The van der Waals surface area contributed by atoms with Crippen LogP contribution in [-0.4, -0.2) is 34.2 Å². The van der Waals surface area contributed by atoms with Crippen molar-refractivity contribution in [3.8, 4) is 5.75 Å². The van der Waals surface area contributed by atoms with Crippen molar-refractivity contribution in [3.05, 3.63) is 18.2 Å². The van der Waals surface area contributed by atoms with Gasteiger partial charge in [-0.3, -0.25) is 0 Å². The molecule has 0 aromatic heterocycles. The highest BCUT2D eigenvalue weighted by Crippen LogP contribution is 2.36. The Hall–Kier alpha value is -1.27. The first-order valence-corrected chi connectivity index (χ1v) is 8.09. The van der Waals surface area contributed by atoms with E-state index < -0.39 is 10.0 Å². The molecule has 5 nitrogen and oxygen atoms in total. The molecule has 0 unspecified atom stereocenters. The summed E-state index contributed by atoms with van der Waals surface area (Å²) in [5.74, 6) is 0.459. The van der Waals surface area contributed by atoms with E-state index in [9.17, 15) is 8.42 Å². The monoisotopic (exact) mass is 282 g/mol. The van der Waals surface area contributed by atoms with Gasteiger partial charge < -0.3 is 9.64 Å². The third-order valence-electron chi connectivity index (χ3n) is 3.52. The summed E-state index contributed by atoms with van der Waals surface area (Å²) in [6.45, 7) is 3.97. The van der Waals surface area contributed by atoms with Crippen LogP contribution in [-0.2, 0) is 10.0 Å². The van der Waals surface area contributed by atoms with Crippen molar-refractivity contribution in [2.24, 2.45) is 0 Å². The summed E-state index contributed by atoms with van der Waals surface area (Å²) < 4.78 is 33.2. The molecule has 3 rings (SSSR count). The predicted molar refractivity (Wildman–Crippen MR) is 73.2 cm³/mol. The van der Waals surface area contributed by atoms with Crippen LogP contribution in [0.1, 0.15) is 19.8 Å². The Morgan fingerprint density at radius 3 is 2.79 bits per heavy atom. The van der Waals surface area contributed by atoms with E-state index in [1.807, 2.05) is 12.1 Å². The van der Waals surface area contributed by atoms with Gasteiger partial charge in [0.25, 0.3) is 0 Å². The van der Waals surface area contributed by atoms with E-state index in [0.29, 0.717) is 17.3 Å². The van der Waals surface area contributed by atoms with Crippen LogP contribution >= 0.6 is 0 Å². The van der Waals surface area contributed by atoms with Crippen molar-refractivity contribution in [1.82, 2.24) is 4.72 Å². The molecule has 1 aromatic rings. The second-order valence-electron chi connectivity index (χ2n) is 5.13. The first-order valence-electron chi connectivity index (χ1n) is 6.61. The molecule has 0 aliphatic carbocycles. The molecule has 1 aromatic carbocycles. The van der Waals surface area contributed by atoms with E-state index in [4.69, 9.17) is 4.74 Å². The summed E-state index contributed by atoms with van der Waals surface area (Å²) in [7, 11) is -3.51. The summed E-state index contributed by atoms with van der Waals surface area (Å²) in [5.41, 5.74) is 0.761. The van der Waals surface area contributed by atoms with E-state index in [-0.39, 0.29) is 6.04 Å². The van der Waals surface area contributed by atoms with Crippen molar-refractivity contribution >= 4 is 15.7 Å². The summed E-state index contributed by atoms with van der Waals surface area (Å²) >= 11 is 0. The number of anilines is 1. The van der Waals surface area contributed by atoms with E-state index in [2.05, 4.69) is 9.62 Å². The molecule has 104 valence electrons. The maximum atomic E-state index is 12.5. The van der Waals surface area contributed by atoms with Crippen molar-refractivity contribution in [2.75, 3.05) is 24.6 Å². The summed E-state index contributed by atoms with van der Waals surface area (Å²) in [6, 6.07) is 5.23. The van der Waals surface area contributed by atoms with Crippen LogP contribution in [0.3, 0.4) is 0 Å². The van der Waals surface area contributed by atoms with Crippen LogP contribution in [0.5, 0.6) is 5.75 Å². The third kappa shape index (κ3) is 2.30. The Labute approximate surface area is 113 Å². The summed E-state index contributed by atoms with van der Waals surface area (Å²) in [5, 5.41) is 0. The molecule has 2 aliphatic rings. The normalized spacial score (nSPS) is 25.5. The van der Waals surface area contributed by atoms with Crippen LogP contribution in [0, 0.1) is 0 Å². The number of nitrogens with one attached hydrogen (secondary N) is 1. The molecule has 19 heavy (non-hydrogen) atoms. The Bertz CT molecular complexity index is 580. The van der Waals surface area contributed by atoms with Gasteiger partial charge in [0.05, 0.1) is 11.7 Å². The number of ether oxygens (including phenoxy) is 1. The van der Waals surface area contributed by atoms with Gasteiger partial charge in [0.1, 0.15) is 17.3 Å². The maximum absolute atomic E-state index is 12.5. The number of hydrogen-bond donors (Lipinski definition) is 1. The first kappa shape index (κ1) is 12.7. The molecule has 0 radical (unpaired) electrons. The van der Waals surface area contributed by atoms with E-state index in [1.54, 1.807) is 13.0 Å². The Balaban J connectivity index is 2.14. The highest BCUT2D eigenvalue weighted by atomic mass is 32.2. The fourth-order valence-electron chi connectivity index (χ4n) is 2.67. The fourth-order valence-corrected chi connectivity index (χ4v) is 4.25. The van der Waals surface area contributed by atoms with Gasteiger partial charge in [-0.25, -0.2) is 13.1 Å². The molecular formula is C13H18N2O3S. The number of hydrogen-bond acceptors (Lipinski definition) is 4. The fraction of sp³-hybridized carbons (Fsp3) is 0.538. The largest absolute Gasteiger partial charge is 0.490 e. The molecule has 0 saturated carbocycles. The number of benzene rings is 1. The van der Waals surface area contributed by atoms with Crippen molar-refractivity contribution in [3.63, 3.8) is 0 Å². The minimum absolute atomic E-state index is 0.219. The lowest BCUT2D eigenvalue weighted by molar-refractivity contribution is 0.288. The molecule has 0 amide bonds. The number of sulfonamides is 1. The predicted octanol–water partition coefficient (Wildman–Crippen LogP) is 1.35. The summed E-state index contributed by atoms with van der Waals surface area (Å²) in [4.78, 5) is 2.42. The molecule has 2 aliphatic heterocycles. The van der Waals surface area contributed by atoms with Crippen LogP contribution in [0.15, 0.2) is 23.1 Å². The lowest BCUT2D eigenvalue weighted by Crippen LogP contribution is -2.34. The van der Waals surface area contributed by atoms with Crippen molar-refractivity contribution in [2.45, 2.75) is 30.7 Å². The lowest BCUT2D eigenvalue weighted by atomic mass is 10.2. The van der Waals surface area contributed by atoms with Crippen LogP contribution < -0.4 is 14.4 Å². The average Bonchev–Trinajstić information content (AvgIpc) is 2.85. The summed E-state index contributed by atoms with van der Waals surface area (Å²) in [6.07, 6.45) is 2.21. The van der Waals surface area contributed by atoms with E-state index in [1.165, 1.54) is 0 Å². The zero-order valence-electron chi connectivity index (χ0n) is 10.9.